The van der Waals surface area contributed by atoms with Gasteiger partial charge in [0.1, 0.15) is 5.70 Å². The Morgan fingerprint density at radius 1 is 1.42 bits per heavy atom. The van der Waals surface area contributed by atoms with Crippen LogP contribution >= 0.6 is 0 Å². The van der Waals surface area contributed by atoms with Gasteiger partial charge in [0.25, 0.3) is 0 Å². The Morgan fingerprint density at radius 2 is 2.11 bits per heavy atom. The summed E-state index contributed by atoms with van der Waals surface area (Å²) in [5.74, 6) is -0.684. The minimum Gasteiger partial charge on any atom is -0.862 e. The number of hydrogen-bond acceptors (Lipinski definition) is 5. The second-order valence-corrected chi connectivity index (χ2v) is 3.58. The first-order valence-corrected chi connectivity index (χ1v) is 5.13. The molecule has 0 spiro atoms. The molecule has 7 heteroatoms. The predicted octanol–water partition coefficient (Wildman–Crippen LogP) is -2.38. The van der Waals surface area contributed by atoms with Gasteiger partial charge in [-0.05, 0) is 36.6 Å². The zero-order valence-corrected chi connectivity index (χ0v) is 12.5. The summed E-state index contributed by atoms with van der Waals surface area (Å²) < 4.78 is 10.3. The molecule has 0 bridgehead atoms. The van der Waals surface area contributed by atoms with Crippen LogP contribution in [0.3, 0.4) is 0 Å². The summed E-state index contributed by atoms with van der Waals surface area (Å²) in [6.07, 6.45) is 1.30. The van der Waals surface area contributed by atoms with Crippen LogP contribution in [-0.2, 0) is 4.79 Å². The zero-order valence-electron chi connectivity index (χ0n) is 10.5. The Bertz CT molecular complexity index is 549. The largest absolute Gasteiger partial charge is 1.00 e. The van der Waals surface area contributed by atoms with Crippen LogP contribution in [0.2, 0.25) is 0 Å². The van der Waals surface area contributed by atoms with Crippen LogP contribution < -0.4 is 44.1 Å². The third-order valence-corrected chi connectivity index (χ3v) is 2.20. The average molecular weight is 271 g/mol. The second-order valence-electron chi connectivity index (χ2n) is 3.58. The Hall–Kier alpha value is -1.50. The first kappa shape index (κ1) is 15.6. The normalized spacial score (nSPS) is 13.9. The van der Waals surface area contributed by atoms with E-state index in [0.717, 1.165) is 0 Å². The number of aliphatic carboxylic acids is 1. The predicted molar refractivity (Wildman–Crippen MR) is 61.3 cm³/mol. The molecule has 1 heterocycles. The van der Waals surface area contributed by atoms with Gasteiger partial charge < -0.3 is 19.7 Å². The molecule has 19 heavy (non-hydrogen) atoms. The molecule has 0 radical (unpaired) electrons. The summed E-state index contributed by atoms with van der Waals surface area (Å²) in [6, 6.07) is 4.95. The molecule has 1 aromatic rings. The number of rotatable bonds is 3. The van der Waals surface area contributed by atoms with E-state index in [0.29, 0.717) is 17.1 Å². The van der Waals surface area contributed by atoms with Crippen LogP contribution in [0.5, 0.6) is 11.5 Å². The minimum atomic E-state index is -1.26. The Morgan fingerprint density at radius 3 is 2.74 bits per heavy atom. The molecule has 1 aliphatic heterocycles. The number of carbonyl (C=O) groups is 1. The Labute approximate surface area is 131 Å². The van der Waals surface area contributed by atoms with E-state index in [1.54, 1.807) is 18.2 Å². The smallest absolute Gasteiger partial charge is 0.862 e. The number of benzene rings is 1. The first-order valence-electron chi connectivity index (χ1n) is 5.13. The average Bonchev–Trinajstić information content (AvgIpc) is 2.74. The van der Waals surface area contributed by atoms with Gasteiger partial charge in [-0.1, -0.05) is 6.07 Å². The fourth-order valence-electron chi connectivity index (χ4n) is 1.47. The number of fused-ring (bicyclic) bond motifs is 1. The van der Waals surface area contributed by atoms with Crippen molar-refractivity contribution < 1.29 is 54.0 Å². The van der Waals surface area contributed by atoms with Gasteiger partial charge in [0.15, 0.2) is 11.5 Å². The van der Waals surface area contributed by atoms with Crippen molar-refractivity contribution in [2.24, 2.45) is 4.99 Å². The molecule has 0 aromatic heterocycles. The van der Waals surface area contributed by atoms with Crippen LogP contribution in [0.4, 0.5) is 0 Å². The Balaban J connectivity index is 0.00000180. The van der Waals surface area contributed by atoms with E-state index in [2.05, 4.69) is 4.99 Å². The van der Waals surface area contributed by atoms with Crippen molar-refractivity contribution in [1.82, 2.24) is 0 Å². The van der Waals surface area contributed by atoms with Gasteiger partial charge in [0.05, 0.1) is 0 Å². The standard InChI is InChI=1S/C12H11NO5.Na/c1-7(14)13-9(12(15)16)4-8-2-3-10-11(5-8)18-6-17-10;/h2-5H,6H2,1H3,(H,13,14)(H,15,16);/q;+1/p-1/b9-4-;. The molecule has 1 aliphatic rings. The van der Waals surface area contributed by atoms with Crippen LogP contribution in [0.15, 0.2) is 28.9 Å². The van der Waals surface area contributed by atoms with Gasteiger partial charge in [-0.3, -0.25) is 4.99 Å². The van der Waals surface area contributed by atoms with E-state index in [1.165, 1.54) is 13.0 Å². The molecular formula is C12H10NNaO5. The van der Waals surface area contributed by atoms with Crippen molar-refractivity contribution in [2.45, 2.75) is 6.92 Å². The van der Waals surface area contributed by atoms with Gasteiger partial charge in [0, 0.05) is 0 Å². The molecule has 2 rings (SSSR count). The molecule has 0 fully saturated rings. The van der Waals surface area contributed by atoms with E-state index < -0.39 is 11.9 Å². The van der Waals surface area contributed by atoms with E-state index in [9.17, 15) is 9.90 Å². The van der Waals surface area contributed by atoms with Gasteiger partial charge in [-0.25, -0.2) is 4.79 Å². The number of hydrogen-bond donors (Lipinski definition) is 1. The van der Waals surface area contributed by atoms with Crippen molar-refractivity contribution in [3.05, 3.63) is 29.5 Å². The van der Waals surface area contributed by atoms with Gasteiger partial charge in [-0.15, -0.1) is 0 Å². The molecule has 94 valence electrons. The SMILES string of the molecule is CC([O-])=N/C(=C\c1ccc2c(c1)OCO2)C(=O)O.[Na+]. The summed E-state index contributed by atoms with van der Waals surface area (Å²) >= 11 is 0. The molecule has 0 aliphatic carbocycles. The summed E-state index contributed by atoms with van der Waals surface area (Å²) in [6.45, 7) is 1.34. The van der Waals surface area contributed by atoms with Gasteiger partial charge in [-0.2, -0.15) is 0 Å². The quantitative estimate of drug-likeness (QED) is 0.287. The fourth-order valence-corrected chi connectivity index (χ4v) is 1.47. The van der Waals surface area contributed by atoms with E-state index >= 15 is 0 Å². The number of aliphatic imine (C=N–C) groups is 1. The maximum absolute atomic E-state index is 10.9. The third kappa shape index (κ3) is 3.99. The summed E-state index contributed by atoms with van der Waals surface area (Å²) in [5, 5.41) is 19.7. The number of ether oxygens (including phenoxy) is 2. The van der Waals surface area contributed by atoms with E-state index in [-0.39, 0.29) is 42.0 Å². The molecule has 0 atom stereocenters. The van der Waals surface area contributed by atoms with Crippen molar-refractivity contribution in [1.29, 1.82) is 0 Å². The monoisotopic (exact) mass is 271 g/mol. The van der Waals surface area contributed by atoms with E-state index in [1.807, 2.05) is 0 Å². The minimum absolute atomic E-state index is 0. The number of nitrogens with zero attached hydrogens (tertiary/aromatic N) is 1. The number of carboxylic acids is 1. The van der Waals surface area contributed by atoms with Crippen molar-refractivity contribution in [3.8, 4) is 11.5 Å². The molecule has 0 saturated carbocycles. The van der Waals surface area contributed by atoms with Crippen molar-refractivity contribution in [2.75, 3.05) is 6.79 Å². The summed E-state index contributed by atoms with van der Waals surface area (Å²) in [5.41, 5.74) is 0.253. The maximum atomic E-state index is 10.9. The maximum Gasteiger partial charge on any atom is 1.00 e. The molecule has 6 nitrogen and oxygen atoms in total. The number of carboxylic acid groups (broad SMARTS) is 1. The topological polar surface area (TPSA) is 91.2 Å². The van der Waals surface area contributed by atoms with Crippen LogP contribution in [-0.4, -0.2) is 23.8 Å². The fraction of sp³-hybridized carbons (Fsp3) is 0.167. The van der Waals surface area contributed by atoms with Crippen LogP contribution in [0, 0.1) is 0 Å². The van der Waals surface area contributed by atoms with Crippen molar-refractivity contribution in [3.63, 3.8) is 0 Å². The molecular weight excluding hydrogens is 261 g/mol. The van der Waals surface area contributed by atoms with Crippen LogP contribution in [0.25, 0.3) is 6.08 Å². The van der Waals surface area contributed by atoms with E-state index in [4.69, 9.17) is 14.6 Å². The second kappa shape index (κ2) is 6.60. The summed E-state index contributed by atoms with van der Waals surface area (Å²) in [7, 11) is 0. The first-order chi connectivity index (χ1) is 8.56. The van der Waals surface area contributed by atoms with Gasteiger partial charge >= 0.3 is 35.5 Å². The van der Waals surface area contributed by atoms with Gasteiger partial charge in [0.2, 0.25) is 6.79 Å². The van der Waals surface area contributed by atoms with Crippen LogP contribution in [0.1, 0.15) is 12.5 Å². The third-order valence-electron chi connectivity index (χ3n) is 2.20. The summed E-state index contributed by atoms with van der Waals surface area (Å²) in [4.78, 5) is 14.3. The zero-order chi connectivity index (χ0) is 13.1. The molecule has 0 unspecified atom stereocenters. The van der Waals surface area contributed by atoms with Crippen molar-refractivity contribution >= 4 is 17.9 Å². The molecule has 1 N–H and O–H groups in total. The molecule has 0 saturated heterocycles. The molecule has 0 amide bonds. The Kier molecular flexibility index (Phi) is 5.41. The molecule has 1 aromatic carbocycles.